The van der Waals surface area contributed by atoms with Crippen molar-refractivity contribution in [1.29, 1.82) is 0 Å². The van der Waals surface area contributed by atoms with E-state index >= 15 is 0 Å². The number of amidine groups is 1. The quantitative estimate of drug-likeness (QED) is 0.595. The molecular formula is C20H18Cl2N2O2S. The molecule has 1 fully saturated rings. The van der Waals surface area contributed by atoms with E-state index in [0.717, 1.165) is 4.91 Å². The minimum Gasteiger partial charge on any atom is -0.497 e. The number of benzene rings is 2. The lowest BCUT2D eigenvalue weighted by atomic mass is 10.0. The van der Waals surface area contributed by atoms with E-state index in [0.29, 0.717) is 32.2 Å². The first-order valence-corrected chi connectivity index (χ1v) is 9.71. The Hall–Kier alpha value is -1.95. The fourth-order valence-corrected chi connectivity index (χ4v) is 4.02. The maximum atomic E-state index is 13.3. The van der Waals surface area contributed by atoms with Crippen molar-refractivity contribution in [2.24, 2.45) is 4.99 Å². The summed E-state index contributed by atoms with van der Waals surface area (Å²) in [6, 6.07) is 12.2. The van der Waals surface area contributed by atoms with Gasteiger partial charge in [0, 0.05) is 16.5 Å². The highest BCUT2D eigenvalue weighted by Gasteiger charge is 2.44. The second kappa shape index (κ2) is 7.58. The predicted molar refractivity (Wildman–Crippen MR) is 114 cm³/mol. The highest BCUT2D eigenvalue weighted by atomic mass is 35.5. The van der Waals surface area contributed by atoms with Gasteiger partial charge < -0.3 is 4.74 Å². The number of methoxy groups -OCH3 is 1. The standard InChI is InChI=1S/C20H18Cl2N2O2S/c1-12-20(2,3)24(18(25)13-8-9-16(21)17(22)10-13)19(27-12)23-14-6-5-7-15(11-14)26-4/h5-11H,1H2,2-4H3. The molecule has 0 radical (unpaired) electrons. The van der Waals surface area contributed by atoms with E-state index in [1.165, 1.54) is 11.8 Å². The number of carbonyl (C=O) groups excluding carboxylic acids is 1. The molecule has 4 nitrogen and oxygen atoms in total. The SMILES string of the molecule is C=C1SC(=Nc2cccc(OC)c2)N(C(=O)c2ccc(Cl)c(Cl)c2)C1(C)C. The lowest BCUT2D eigenvalue weighted by Crippen LogP contribution is -2.45. The van der Waals surface area contributed by atoms with Crippen LogP contribution in [0.4, 0.5) is 5.69 Å². The largest absolute Gasteiger partial charge is 0.497 e. The topological polar surface area (TPSA) is 41.9 Å². The van der Waals surface area contributed by atoms with Crippen LogP contribution < -0.4 is 4.74 Å². The number of halogens is 2. The second-order valence-electron chi connectivity index (χ2n) is 6.45. The van der Waals surface area contributed by atoms with Crippen LogP contribution in [0, 0.1) is 0 Å². The van der Waals surface area contributed by atoms with Crippen molar-refractivity contribution in [3.8, 4) is 5.75 Å². The van der Waals surface area contributed by atoms with Crippen molar-refractivity contribution in [2.75, 3.05) is 7.11 Å². The monoisotopic (exact) mass is 420 g/mol. The molecule has 0 aliphatic carbocycles. The van der Waals surface area contributed by atoms with Gasteiger partial charge in [-0.1, -0.05) is 47.6 Å². The summed E-state index contributed by atoms with van der Waals surface area (Å²) in [5.41, 5.74) is 0.520. The fourth-order valence-electron chi connectivity index (χ4n) is 2.61. The van der Waals surface area contributed by atoms with Crippen LogP contribution in [0.3, 0.4) is 0 Å². The van der Waals surface area contributed by atoms with Gasteiger partial charge in [-0.2, -0.15) is 0 Å². The van der Waals surface area contributed by atoms with E-state index in [1.807, 2.05) is 38.1 Å². The Morgan fingerprint density at radius 1 is 1.19 bits per heavy atom. The Kier molecular flexibility index (Phi) is 5.56. The van der Waals surface area contributed by atoms with Gasteiger partial charge >= 0.3 is 0 Å². The second-order valence-corrected chi connectivity index (χ2v) is 8.33. The summed E-state index contributed by atoms with van der Waals surface area (Å²) in [6.45, 7) is 7.98. The predicted octanol–water partition coefficient (Wildman–Crippen LogP) is 6.17. The van der Waals surface area contributed by atoms with Crippen molar-refractivity contribution < 1.29 is 9.53 Å². The molecule has 1 amide bonds. The smallest absolute Gasteiger partial charge is 0.260 e. The molecule has 1 saturated heterocycles. The van der Waals surface area contributed by atoms with E-state index in [9.17, 15) is 4.79 Å². The molecule has 0 bridgehead atoms. The van der Waals surface area contributed by atoms with Crippen LogP contribution in [0.25, 0.3) is 0 Å². The third-order valence-electron chi connectivity index (χ3n) is 4.29. The van der Waals surface area contributed by atoms with E-state index in [2.05, 4.69) is 11.6 Å². The van der Waals surface area contributed by atoms with Gasteiger partial charge in [0.2, 0.25) is 0 Å². The molecule has 27 heavy (non-hydrogen) atoms. The maximum absolute atomic E-state index is 13.3. The number of hydrogen-bond acceptors (Lipinski definition) is 4. The molecule has 2 aromatic carbocycles. The summed E-state index contributed by atoms with van der Waals surface area (Å²) in [5, 5.41) is 1.28. The first kappa shape index (κ1) is 19.8. The zero-order valence-corrected chi connectivity index (χ0v) is 17.5. The lowest BCUT2D eigenvalue weighted by molar-refractivity contribution is 0.0781. The molecule has 7 heteroatoms. The minimum atomic E-state index is -0.606. The summed E-state index contributed by atoms with van der Waals surface area (Å²) < 4.78 is 5.25. The van der Waals surface area contributed by atoms with Crippen LogP contribution >= 0.6 is 35.0 Å². The summed E-state index contributed by atoms with van der Waals surface area (Å²) >= 11 is 13.5. The Morgan fingerprint density at radius 3 is 2.59 bits per heavy atom. The maximum Gasteiger partial charge on any atom is 0.260 e. The van der Waals surface area contributed by atoms with E-state index in [1.54, 1.807) is 30.2 Å². The van der Waals surface area contributed by atoms with Crippen LogP contribution in [0.1, 0.15) is 24.2 Å². The van der Waals surface area contributed by atoms with Crippen LogP contribution in [0.2, 0.25) is 10.0 Å². The molecule has 0 spiro atoms. The number of hydrogen-bond donors (Lipinski definition) is 0. The molecule has 140 valence electrons. The number of carbonyl (C=O) groups is 1. The normalized spacial score (nSPS) is 17.4. The van der Waals surface area contributed by atoms with Crippen LogP contribution in [0.5, 0.6) is 5.75 Å². The van der Waals surface area contributed by atoms with Gasteiger partial charge in [0.15, 0.2) is 5.17 Å². The molecule has 2 aromatic rings. The number of nitrogens with zero attached hydrogens (tertiary/aromatic N) is 2. The molecule has 0 unspecified atom stereocenters. The van der Waals surface area contributed by atoms with E-state index in [4.69, 9.17) is 27.9 Å². The summed E-state index contributed by atoms with van der Waals surface area (Å²) in [7, 11) is 1.60. The molecule has 3 rings (SSSR count). The first-order valence-electron chi connectivity index (χ1n) is 8.13. The molecule has 0 N–H and O–H groups in total. The van der Waals surface area contributed by atoms with E-state index in [-0.39, 0.29) is 5.91 Å². The first-order chi connectivity index (χ1) is 12.7. The molecule has 1 aliphatic rings. The zero-order chi connectivity index (χ0) is 19.8. The Morgan fingerprint density at radius 2 is 1.93 bits per heavy atom. The third-order valence-corrected chi connectivity index (χ3v) is 6.24. The number of amides is 1. The minimum absolute atomic E-state index is 0.216. The molecule has 0 atom stereocenters. The zero-order valence-electron chi connectivity index (χ0n) is 15.1. The highest BCUT2D eigenvalue weighted by molar-refractivity contribution is 8.17. The van der Waals surface area contributed by atoms with Gasteiger partial charge in [0.1, 0.15) is 5.75 Å². The van der Waals surface area contributed by atoms with Gasteiger partial charge in [0.25, 0.3) is 5.91 Å². The summed E-state index contributed by atoms with van der Waals surface area (Å²) in [6.07, 6.45) is 0. The van der Waals surface area contributed by atoms with Crippen molar-refractivity contribution >= 4 is 51.7 Å². The van der Waals surface area contributed by atoms with Crippen LogP contribution in [-0.2, 0) is 0 Å². The van der Waals surface area contributed by atoms with Crippen molar-refractivity contribution in [3.63, 3.8) is 0 Å². The van der Waals surface area contributed by atoms with E-state index < -0.39 is 5.54 Å². The van der Waals surface area contributed by atoms with Gasteiger partial charge in [-0.15, -0.1) is 0 Å². The van der Waals surface area contributed by atoms with Gasteiger partial charge in [-0.05, 0) is 44.2 Å². The fraction of sp³-hybridized carbons (Fsp3) is 0.200. The third kappa shape index (κ3) is 3.86. The van der Waals surface area contributed by atoms with Crippen molar-refractivity contribution in [2.45, 2.75) is 19.4 Å². The van der Waals surface area contributed by atoms with Crippen LogP contribution in [0.15, 0.2) is 58.9 Å². The highest BCUT2D eigenvalue weighted by Crippen LogP contribution is 2.44. The van der Waals surface area contributed by atoms with Gasteiger partial charge in [0.05, 0.1) is 28.4 Å². The Labute approximate surface area is 172 Å². The number of ether oxygens (including phenoxy) is 1. The van der Waals surface area contributed by atoms with Crippen molar-refractivity contribution in [1.82, 2.24) is 4.90 Å². The Balaban J connectivity index is 2.05. The molecule has 0 saturated carbocycles. The van der Waals surface area contributed by atoms with Crippen molar-refractivity contribution in [3.05, 3.63) is 69.6 Å². The van der Waals surface area contributed by atoms with Gasteiger partial charge in [-0.3, -0.25) is 9.69 Å². The Bertz CT molecular complexity index is 957. The molecule has 1 heterocycles. The average molecular weight is 421 g/mol. The summed E-state index contributed by atoms with van der Waals surface area (Å²) in [5.74, 6) is 0.478. The molecule has 0 aromatic heterocycles. The lowest BCUT2D eigenvalue weighted by Gasteiger charge is -2.31. The van der Waals surface area contributed by atoms with Gasteiger partial charge in [-0.25, -0.2) is 4.99 Å². The average Bonchev–Trinajstić information content (AvgIpc) is 2.85. The number of aliphatic imine (C=N–C) groups is 1. The molecule has 1 aliphatic heterocycles. The number of thioether (sulfide) groups is 1. The summed E-state index contributed by atoms with van der Waals surface area (Å²) in [4.78, 5) is 20.4. The number of rotatable bonds is 3. The molecular weight excluding hydrogens is 403 g/mol. The van der Waals surface area contributed by atoms with Crippen LogP contribution in [-0.4, -0.2) is 28.6 Å².